The molecule has 20 heavy (non-hydrogen) atoms. The summed E-state index contributed by atoms with van der Waals surface area (Å²) in [6.07, 6.45) is 0. The van der Waals surface area contributed by atoms with Gasteiger partial charge in [-0.1, -0.05) is 12.1 Å². The number of imide groups is 1. The minimum atomic E-state index is -0.261. The molecule has 7 heteroatoms. The third-order valence-corrected chi connectivity index (χ3v) is 3.89. The third-order valence-electron chi connectivity index (χ3n) is 2.97. The summed E-state index contributed by atoms with van der Waals surface area (Å²) in [4.78, 5) is 29.8. The van der Waals surface area contributed by atoms with Crippen LogP contribution in [0.5, 0.6) is 0 Å². The fourth-order valence-electron chi connectivity index (χ4n) is 2.06. The second kappa shape index (κ2) is 5.82. The maximum absolute atomic E-state index is 12.1. The van der Waals surface area contributed by atoms with Crippen LogP contribution in [0.15, 0.2) is 29.6 Å². The molecular weight excluding hydrogens is 342 g/mol. The molecule has 2 amide bonds. The predicted octanol–water partition coefficient (Wildman–Crippen LogP) is 1.98. The summed E-state index contributed by atoms with van der Waals surface area (Å²) < 4.78 is 0. The van der Waals surface area contributed by atoms with E-state index in [0.717, 1.165) is 5.01 Å². The summed E-state index contributed by atoms with van der Waals surface area (Å²) >= 11 is 1.43. The lowest BCUT2D eigenvalue weighted by atomic mass is 10.1. The minimum Gasteiger partial charge on any atom is -0.325 e. The number of amides is 2. The van der Waals surface area contributed by atoms with Gasteiger partial charge in [0, 0.05) is 11.9 Å². The molecule has 3 rings (SSSR count). The summed E-state index contributed by atoms with van der Waals surface area (Å²) in [5.74, 6) is -0.522. The first-order chi connectivity index (χ1) is 9.20. The number of halogens is 1. The number of hydrogen-bond acceptors (Lipinski definition) is 5. The van der Waals surface area contributed by atoms with Gasteiger partial charge in [0.25, 0.3) is 11.8 Å². The Morgan fingerprint density at radius 3 is 2.25 bits per heavy atom. The molecule has 0 bridgehead atoms. The van der Waals surface area contributed by atoms with Gasteiger partial charge in [-0.2, -0.15) is 0 Å². The number of rotatable bonds is 3. The van der Waals surface area contributed by atoms with Crippen LogP contribution >= 0.6 is 28.3 Å². The van der Waals surface area contributed by atoms with Crippen molar-refractivity contribution < 1.29 is 9.59 Å². The van der Waals surface area contributed by atoms with E-state index in [-0.39, 0.29) is 35.3 Å². The average Bonchev–Trinajstić information content (AvgIpc) is 2.99. The van der Waals surface area contributed by atoms with Gasteiger partial charge >= 0.3 is 0 Å². The molecule has 1 aromatic carbocycles. The van der Waals surface area contributed by atoms with E-state index in [0.29, 0.717) is 23.4 Å². The third kappa shape index (κ3) is 2.39. The van der Waals surface area contributed by atoms with Crippen molar-refractivity contribution in [1.82, 2.24) is 9.88 Å². The van der Waals surface area contributed by atoms with E-state index >= 15 is 0 Å². The predicted molar refractivity (Wildman–Crippen MR) is 81.0 cm³/mol. The van der Waals surface area contributed by atoms with Crippen LogP contribution in [0.3, 0.4) is 0 Å². The van der Waals surface area contributed by atoms with E-state index in [2.05, 4.69) is 4.98 Å². The van der Waals surface area contributed by atoms with E-state index < -0.39 is 0 Å². The maximum Gasteiger partial charge on any atom is 0.261 e. The Bertz CT molecular complexity index is 636. The van der Waals surface area contributed by atoms with E-state index in [1.54, 1.807) is 24.3 Å². The molecule has 2 heterocycles. The highest BCUT2D eigenvalue weighted by atomic mass is 79.9. The largest absolute Gasteiger partial charge is 0.325 e. The molecule has 0 aliphatic carbocycles. The van der Waals surface area contributed by atoms with Gasteiger partial charge in [-0.3, -0.25) is 14.5 Å². The molecule has 0 atom stereocenters. The summed E-state index contributed by atoms with van der Waals surface area (Å²) in [6, 6.07) is 6.84. The number of nitrogens with zero attached hydrogens (tertiary/aromatic N) is 2. The van der Waals surface area contributed by atoms with Crippen LogP contribution in [-0.2, 0) is 13.1 Å². The summed E-state index contributed by atoms with van der Waals surface area (Å²) in [5.41, 5.74) is 7.11. The van der Waals surface area contributed by atoms with Gasteiger partial charge < -0.3 is 5.73 Å². The molecule has 104 valence electrons. The average molecular weight is 354 g/mol. The molecular formula is C13H12BrN3O2S. The van der Waals surface area contributed by atoms with Gasteiger partial charge in [-0.05, 0) is 12.1 Å². The van der Waals surface area contributed by atoms with Gasteiger partial charge in [-0.15, -0.1) is 28.3 Å². The number of thiazole rings is 1. The van der Waals surface area contributed by atoms with Crippen molar-refractivity contribution >= 4 is 40.1 Å². The second-order valence-corrected chi connectivity index (χ2v) is 5.12. The Labute approximate surface area is 130 Å². The van der Waals surface area contributed by atoms with Gasteiger partial charge in [0.05, 0.1) is 23.4 Å². The number of carbonyl (C=O) groups excluding carboxylic acids is 2. The SMILES string of the molecule is Br.NCc1nc(CN2C(=O)c3ccccc3C2=O)cs1. The topological polar surface area (TPSA) is 76.3 Å². The van der Waals surface area contributed by atoms with Gasteiger partial charge in [0.15, 0.2) is 0 Å². The summed E-state index contributed by atoms with van der Waals surface area (Å²) in [6.45, 7) is 0.565. The Kier molecular flexibility index (Phi) is 4.32. The summed E-state index contributed by atoms with van der Waals surface area (Å²) in [7, 11) is 0. The molecule has 1 aliphatic rings. The van der Waals surface area contributed by atoms with Crippen molar-refractivity contribution in [2.45, 2.75) is 13.1 Å². The van der Waals surface area contributed by atoms with Crippen molar-refractivity contribution in [3.8, 4) is 0 Å². The number of aromatic nitrogens is 1. The van der Waals surface area contributed by atoms with E-state index in [4.69, 9.17) is 5.73 Å². The van der Waals surface area contributed by atoms with Crippen molar-refractivity contribution in [2.24, 2.45) is 5.73 Å². The lowest BCUT2D eigenvalue weighted by Crippen LogP contribution is -2.29. The highest BCUT2D eigenvalue weighted by Crippen LogP contribution is 2.24. The molecule has 0 fully saturated rings. The van der Waals surface area contributed by atoms with E-state index in [1.165, 1.54) is 16.2 Å². The fourth-order valence-corrected chi connectivity index (χ4v) is 2.73. The normalized spacial score (nSPS) is 13.3. The molecule has 0 unspecified atom stereocenters. The number of carbonyl (C=O) groups is 2. The van der Waals surface area contributed by atoms with Crippen molar-refractivity contribution in [2.75, 3.05) is 0 Å². The first kappa shape index (κ1) is 14.8. The van der Waals surface area contributed by atoms with Crippen LogP contribution in [0.1, 0.15) is 31.4 Å². The Hall–Kier alpha value is -1.57. The van der Waals surface area contributed by atoms with Crippen molar-refractivity contribution in [3.05, 3.63) is 51.5 Å². The van der Waals surface area contributed by atoms with Gasteiger partial charge in [0.2, 0.25) is 0 Å². The van der Waals surface area contributed by atoms with Crippen molar-refractivity contribution in [3.63, 3.8) is 0 Å². The van der Waals surface area contributed by atoms with E-state index in [9.17, 15) is 9.59 Å². The van der Waals surface area contributed by atoms with Crippen LogP contribution in [0, 0.1) is 0 Å². The molecule has 1 aromatic heterocycles. The molecule has 0 radical (unpaired) electrons. The zero-order valence-electron chi connectivity index (χ0n) is 10.4. The summed E-state index contributed by atoms with van der Waals surface area (Å²) in [5, 5.41) is 2.62. The lowest BCUT2D eigenvalue weighted by Gasteiger charge is -2.11. The molecule has 1 aliphatic heterocycles. The Balaban J connectivity index is 0.00000147. The quantitative estimate of drug-likeness (QED) is 0.856. The van der Waals surface area contributed by atoms with Crippen LogP contribution in [0.25, 0.3) is 0 Å². The standard InChI is InChI=1S/C13H11N3O2S.BrH/c14-5-11-15-8(7-19-11)6-16-12(17)9-3-1-2-4-10(9)13(16)18;/h1-4,7H,5-6,14H2;1H. The van der Waals surface area contributed by atoms with Crippen LogP contribution in [0.2, 0.25) is 0 Å². The number of fused-ring (bicyclic) bond motifs is 1. The fraction of sp³-hybridized carbons (Fsp3) is 0.154. The molecule has 5 nitrogen and oxygen atoms in total. The smallest absolute Gasteiger partial charge is 0.261 e. The molecule has 0 saturated carbocycles. The first-order valence-electron chi connectivity index (χ1n) is 5.79. The van der Waals surface area contributed by atoms with Gasteiger partial charge in [-0.25, -0.2) is 4.98 Å². The van der Waals surface area contributed by atoms with Crippen LogP contribution in [-0.4, -0.2) is 21.7 Å². The monoisotopic (exact) mass is 353 g/mol. The maximum atomic E-state index is 12.1. The number of hydrogen-bond donors (Lipinski definition) is 1. The zero-order chi connectivity index (χ0) is 13.4. The van der Waals surface area contributed by atoms with E-state index in [1.807, 2.05) is 5.38 Å². The Morgan fingerprint density at radius 1 is 1.15 bits per heavy atom. The molecule has 0 spiro atoms. The van der Waals surface area contributed by atoms with Gasteiger partial charge in [0.1, 0.15) is 5.01 Å². The van der Waals surface area contributed by atoms with Crippen molar-refractivity contribution in [1.29, 1.82) is 0 Å². The minimum absolute atomic E-state index is 0. The highest BCUT2D eigenvalue weighted by Gasteiger charge is 2.35. The lowest BCUT2D eigenvalue weighted by molar-refractivity contribution is 0.0640. The number of nitrogens with two attached hydrogens (primary N) is 1. The molecule has 2 N–H and O–H groups in total. The Morgan fingerprint density at radius 2 is 1.75 bits per heavy atom. The molecule has 2 aromatic rings. The number of benzene rings is 1. The van der Waals surface area contributed by atoms with Crippen LogP contribution in [0.4, 0.5) is 0 Å². The second-order valence-electron chi connectivity index (χ2n) is 4.18. The molecule has 0 saturated heterocycles. The van der Waals surface area contributed by atoms with Crippen LogP contribution < -0.4 is 5.73 Å². The zero-order valence-corrected chi connectivity index (χ0v) is 12.9. The first-order valence-corrected chi connectivity index (χ1v) is 6.67. The highest BCUT2D eigenvalue weighted by molar-refractivity contribution is 8.93.